The smallest absolute Gasteiger partial charge is 0.321 e. The Hall–Kier alpha value is -1.40. The topological polar surface area (TPSA) is 52.6 Å². The first-order valence-corrected chi connectivity index (χ1v) is 6.03. The van der Waals surface area contributed by atoms with Crippen LogP contribution in [0.25, 0.3) is 0 Å². The highest BCUT2D eigenvalue weighted by Crippen LogP contribution is 2.26. The number of halogens is 3. The molecule has 1 atom stereocenters. The number of aliphatic hydroxyl groups excluding tert-OH is 1. The van der Waals surface area contributed by atoms with E-state index in [-0.39, 0.29) is 10.7 Å². The van der Waals surface area contributed by atoms with Crippen LogP contribution in [0.4, 0.5) is 19.3 Å². The molecule has 0 heterocycles. The van der Waals surface area contributed by atoms with Crippen molar-refractivity contribution < 1.29 is 18.7 Å². The molecular formula is C12H15ClF2N2O2. The molecule has 19 heavy (non-hydrogen) atoms. The lowest BCUT2D eigenvalue weighted by atomic mass is 10.3. The molecule has 0 aliphatic heterocycles. The highest BCUT2D eigenvalue weighted by atomic mass is 35.5. The molecule has 0 saturated carbocycles. The van der Waals surface area contributed by atoms with E-state index >= 15 is 0 Å². The van der Waals surface area contributed by atoms with E-state index in [1.54, 1.807) is 6.92 Å². The van der Waals surface area contributed by atoms with E-state index in [0.29, 0.717) is 19.0 Å². The molecule has 2 N–H and O–H groups in total. The lowest BCUT2D eigenvalue weighted by Crippen LogP contribution is -2.33. The first-order chi connectivity index (χ1) is 8.81. The average Bonchev–Trinajstić information content (AvgIpc) is 2.30. The molecule has 0 aromatic heterocycles. The minimum Gasteiger partial charge on any atom is -0.393 e. The van der Waals surface area contributed by atoms with Crippen molar-refractivity contribution in [1.29, 1.82) is 0 Å². The van der Waals surface area contributed by atoms with Gasteiger partial charge in [0.05, 0.1) is 16.8 Å². The van der Waals surface area contributed by atoms with Gasteiger partial charge < -0.3 is 15.3 Å². The van der Waals surface area contributed by atoms with Crippen LogP contribution in [0.5, 0.6) is 0 Å². The number of aliphatic hydroxyl groups is 1. The molecule has 0 aliphatic carbocycles. The zero-order valence-electron chi connectivity index (χ0n) is 10.6. The van der Waals surface area contributed by atoms with Crippen LogP contribution in [0.1, 0.15) is 13.3 Å². The third-order valence-electron chi connectivity index (χ3n) is 2.47. The number of hydrogen-bond acceptors (Lipinski definition) is 2. The molecule has 0 spiro atoms. The lowest BCUT2D eigenvalue weighted by Gasteiger charge is -2.19. The van der Waals surface area contributed by atoms with E-state index in [4.69, 9.17) is 16.7 Å². The van der Waals surface area contributed by atoms with Crippen molar-refractivity contribution in [2.75, 3.05) is 18.9 Å². The molecule has 0 bridgehead atoms. The van der Waals surface area contributed by atoms with E-state index in [0.717, 1.165) is 6.07 Å². The van der Waals surface area contributed by atoms with Gasteiger partial charge in [0, 0.05) is 19.7 Å². The number of benzene rings is 1. The van der Waals surface area contributed by atoms with Gasteiger partial charge in [-0.15, -0.1) is 0 Å². The maximum atomic E-state index is 13.5. The van der Waals surface area contributed by atoms with Gasteiger partial charge in [-0.1, -0.05) is 11.6 Å². The normalized spacial score (nSPS) is 12.1. The molecule has 0 fully saturated rings. The monoisotopic (exact) mass is 292 g/mol. The summed E-state index contributed by atoms with van der Waals surface area (Å²) in [5.74, 6) is -1.76. The Kier molecular flexibility index (Phi) is 5.50. The van der Waals surface area contributed by atoms with Gasteiger partial charge in [-0.3, -0.25) is 0 Å². The van der Waals surface area contributed by atoms with Gasteiger partial charge >= 0.3 is 6.03 Å². The highest BCUT2D eigenvalue weighted by molar-refractivity contribution is 6.33. The van der Waals surface area contributed by atoms with Crippen LogP contribution in [0.2, 0.25) is 5.02 Å². The third kappa shape index (κ3) is 4.65. The zero-order chi connectivity index (χ0) is 14.6. The van der Waals surface area contributed by atoms with E-state index in [2.05, 4.69) is 5.32 Å². The van der Waals surface area contributed by atoms with Crippen molar-refractivity contribution in [2.24, 2.45) is 0 Å². The van der Waals surface area contributed by atoms with Gasteiger partial charge in [0.1, 0.15) is 5.82 Å². The first-order valence-electron chi connectivity index (χ1n) is 5.66. The quantitative estimate of drug-likeness (QED) is 0.896. The number of nitrogens with zero attached hydrogens (tertiary/aromatic N) is 1. The summed E-state index contributed by atoms with van der Waals surface area (Å²) in [6, 6.07) is 0.959. The van der Waals surface area contributed by atoms with Gasteiger partial charge in [0.25, 0.3) is 0 Å². The molecule has 0 radical (unpaired) electrons. The van der Waals surface area contributed by atoms with Gasteiger partial charge in [-0.2, -0.15) is 0 Å². The Morgan fingerprint density at radius 2 is 2.16 bits per heavy atom. The van der Waals surface area contributed by atoms with Crippen LogP contribution in [0.15, 0.2) is 12.1 Å². The maximum Gasteiger partial charge on any atom is 0.321 e. The van der Waals surface area contributed by atoms with Gasteiger partial charge in [-0.25, -0.2) is 13.6 Å². The summed E-state index contributed by atoms with van der Waals surface area (Å²) in [5.41, 5.74) is -0.267. The van der Waals surface area contributed by atoms with Gasteiger partial charge in [-0.05, 0) is 19.4 Å². The summed E-state index contributed by atoms with van der Waals surface area (Å²) < 4.78 is 26.3. The number of anilines is 1. The Bertz CT molecular complexity index is 446. The van der Waals surface area contributed by atoms with E-state index in [1.165, 1.54) is 11.9 Å². The third-order valence-corrected chi connectivity index (χ3v) is 2.77. The van der Waals surface area contributed by atoms with E-state index in [9.17, 15) is 13.6 Å². The highest BCUT2D eigenvalue weighted by Gasteiger charge is 2.15. The second-order valence-corrected chi connectivity index (χ2v) is 4.64. The molecular weight excluding hydrogens is 278 g/mol. The molecule has 0 aliphatic rings. The molecule has 1 unspecified atom stereocenters. The van der Waals surface area contributed by atoms with Crippen molar-refractivity contribution in [3.8, 4) is 0 Å². The number of carbonyl (C=O) groups is 1. The summed E-state index contributed by atoms with van der Waals surface area (Å²) in [5, 5.41) is 11.2. The fraction of sp³-hybridized carbons (Fsp3) is 0.417. The van der Waals surface area contributed by atoms with Crippen LogP contribution >= 0.6 is 11.6 Å². The van der Waals surface area contributed by atoms with Crippen LogP contribution < -0.4 is 5.32 Å². The molecule has 2 amide bonds. The van der Waals surface area contributed by atoms with Crippen LogP contribution in [0.3, 0.4) is 0 Å². The van der Waals surface area contributed by atoms with Crippen molar-refractivity contribution in [1.82, 2.24) is 4.90 Å². The number of carbonyl (C=O) groups excluding carboxylic acids is 1. The minimum absolute atomic E-state index is 0.213. The number of hydrogen-bond donors (Lipinski definition) is 2. The molecule has 106 valence electrons. The van der Waals surface area contributed by atoms with Crippen molar-refractivity contribution in [3.63, 3.8) is 0 Å². The predicted octanol–water partition coefficient (Wildman–Crippen LogP) is 2.85. The Morgan fingerprint density at radius 3 is 2.68 bits per heavy atom. The summed E-state index contributed by atoms with van der Waals surface area (Å²) in [6.07, 6.45) is -0.148. The largest absolute Gasteiger partial charge is 0.393 e. The fourth-order valence-corrected chi connectivity index (χ4v) is 1.59. The average molecular weight is 293 g/mol. The molecule has 1 aromatic rings. The Morgan fingerprint density at radius 1 is 1.53 bits per heavy atom. The maximum absolute atomic E-state index is 13.5. The molecule has 1 aromatic carbocycles. The summed E-state index contributed by atoms with van der Waals surface area (Å²) in [7, 11) is 1.49. The molecule has 0 saturated heterocycles. The Labute approximate surface area is 115 Å². The number of rotatable bonds is 4. The van der Waals surface area contributed by atoms with Gasteiger partial charge in [0.2, 0.25) is 0 Å². The second kappa shape index (κ2) is 6.68. The molecule has 7 heteroatoms. The summed E-state index contributed by atoms with van der Waals surface area (Å²) in [6.45, 7) is 1.90. The second-order valence-electron chi connectivity index (χ2n) is 4.23. The van der Waals surface area contributed by atoms with Crippen LogP contribution in [0, 0.1) is 11.6 Å². The summed E-state index contributed by atoms with van der Waals surface area (Å²) in [4.78, 5) is 13.0. The van der Waals surface area contributed by atoms with Crippen LogP contribution in [-0.4, -0.2) is 35.7 Å². The predicted molar refractivity (Wildman–Crippen MR) is 69.3 cm³/mol. The molecule has 1 rings (SSSR count). The van der Waals surface area contributed by atoms with Crippen LogP contribution in [-0.2, 0) is 0 Å². The summed E-state index contributed by atoms with van der Waals surface area (Å²) >= 11 is 5.66. The lowest BCUT2D eigenvalue weighted by molar-refractivity contribution is 0.167. The van der Waals surface area contributed by atoms with E-state index in [1.807, 2.05) is 0 Å². The number of urea groups is 1. The standard InChI is InChI=1S/C12H15ClF2N2O2/c1-7(18)3-4-17(2)12(19)16-11-9(13)5-8(14)6-10(11)15/h5-7,18H,3-4H2,1-2H3,(H,16,19). The number of amides is 2. The van der Waals surface area contributed by atoms with Crippen molar-refractivity contribution in [3.05, 3.63) is 28.8 Å². The van der Waals surface area contributed by atoms with E-state index < -0.39 is 23.8 Å². The minimum atomic E-state index is -0.942. The zero-order valence-corrected chi connectivity index (χ0v) is 11.3. The molecule has 4 nitrogen and oxygen atoms in total. The first kappa shape index (κ1) is 15.7. The number of nitrogens with one attached hydrogen (secondary N) is 1. The van der Waals surface area contributed by atoms with Gasteiger partial charge in [0.15, 0.2) is 5.82 Å². The van der Waals surface area contributed by atoms with Crippen molar-refractivity contribution in [2.45, 2.75) is 19.4 Å². The SMILES string of the molecule is CC(O)CCN(C)C(=O)Nc1c(F)cc(F)cc1Cl. The fourth-order valence-electron chi connectivity index (χ4n) is 1.35. The van der Waals surface area contributed by atoms with Crippen molar-refractivity contribution >= 4 is 23.3 Å². The Balaban J connectivity index is 2.72.